The first-order chi connectivity index (χ1) is 7.53. The van der Waals surface area contributed by atoms with Gasteiger partial charge in [-0.1, -0.05) is 27.2 Å². The fraction of sp³-hybridized carbons (Fsp3) is 1.00. The van der Waals surface area contributed by atoms with Crippen LogP contribution in [0.1, 0.15) is 53.4 Å². The molecule has 0 radical (unpaired) electrons. The predicted octanol–water partition coefficient (Wildman–Crippen LogP) is 2.89. The maximum Gasteiger partial charge on any atom is 0.0107 e. The van der Waals surface area contributed by atoms with E-state index < -0.39 is 0 Å². The Labute approximate surface area is 102 Å². The monoisotopic (exact) mass is 226 g/mol. The van der Waals surface area contributed by atoms with Crippen LogP contribution >= 0.6 is 0 Å². The van der Waals surface area contributed by atoms with Crippen molar-refractivity contribution in [3.8, 4) is 0 Å². The lowest BCUT2D eigenvalue weighted by Crippen LogP contribution is -2.44. The molecule has 1 heterocycles. The number of hydrogen-bond acceptors (Lipinski definition) is 2. The number of nitrogens with zero attached hydrogens (tertiary/aromatic N) is 1. The molecule has 0 spiro atoms. The average Bonchev–Trinajstić information content (AvgIpc) is 2.16. The first kappa shape index (κ1) is 14.0. The molecule has 16 heavy (non-hydrogen) atoms. The van der Waals surface area contributed by atoms with Gasteiger partial charge in [0.2, 0.25) is 0 Å². The summed E-state index contributed by atoms with van der Waals surface area (Å²) < 4.78 is 0. The van der Waals surface area contributed by atoms with E-state index in [2.05, 4.69) is 37.9 Å². The van der Waals surface area contributed by atoms with E-state index in [9.17, 15) is 0 Å². The van der Waals surface area contributed by atoms with Gasteiger partial charge in [0.25, 0.3) is 0 Å². The van der Waals surface area contributed by atoms with E-state index in [1.165, 1.54) is 45.3 Å². The number of likely N-dealkylation sites (tertiary alicyclic amines) is 1. The third kappa shape index (κ3) is 5.31. The van der Waals surface area contributed by atoms with Crippen LogP contribution in [0.3, 0.4) is 0 Å². The summed E-state index contributed by atoms with van der Waals surface area (Å²) in [6.07, 6.45) is 5.34. The Hall–Kier alpha value is -0.0800. The maximum atomic E-state index is 3.62. The van der Waals surface area contributed by atoms with Crippen molar-refractivity contribution in [2.75, 3.05) is 26.2 Å². The molecule has 0 aliphatic carbocycles. The third-order valence-electron chi connectivity index (χ3n) is 3.62. The summed E-state index contributed by atoms with van der Waals surface area (Å²) in [4.78, 5) is 2.62. The Balaban J connectivity index is 2.13. The van der Waals surface area contributed by atoms with Crippen LogP contribution in [-0.2, 0) is 0 Å². The zero-order valence-corrected chi connectivity index (χ0v) is 11.7. The summed E-state index contributed by atoms with van der Waals surface area (Å²) in [5.41, 5.74) is 0.535. The third-order valence-corrected chi connectivity index (χ3v) is 3.62. The van der Waals surface area contributed by atoms with Gasteiger partial charge in [-0.15, -0.1) is 0 Å². The molecule has 1 unspecified atom stereocenters. The van der Waals surface area contributed by atoms with Gasteiger partial charge in [0.1, 0.15) is 0 Å². The van der Waals surface area contributed by atoms with Crippen LogP contribution in [-0.4, -0.2) is 37.1 Å². The average molecular weight is 226 g/mol. The van der Waals surface area contributed by atoms with E-state index in [0.717, 1.165) is 6.54 Å². The zero-order valence-electron chi connectivity index (χ0n) is 11.7. The Morgan fingerprint density at radius 1 is 1.38 bits per heavy atom. The van der Waals surface area contributed by atoms with Gasteiger partial charge in [-0.3, -0.25) is 0 Å². The number of hydrogen-bond donors (Lipinski definition) is 1. The molecule has 2 heteroatoms. The minimum Gasteiger partial charge on any atom is -0.313 e. The predicted molar refractivity (Wildman–Crippen MR) is 71.8 cm³/mol. The molecule has 0 amide bonds. The van der Waals surface area contributed by atoms with E-state index in [0.29, 0.717) is 11.5 Å². The summed E-state index contributed by atoms with van der Waals surface area (Å²) in [6.45, 7) is 14.3. The smallest absolute Gasteiger partial charge is 0.0107 e. The molecule has 1 N–H and O–H groups in total. The number of rotatable bonds is 6. The number of nitrogens with one attached hydrogen (secondary N) is 1. The first-order valence-electron chi connectivity index (χ1n) is 6.99. The van der Waals surface area contributed by atoms with Gasteiger partial charge in [-0.2, -0.15) is 0 Å². The largest absolute Gasteiger partial charge is 0.313 e. The van der Waals surface area contributed by atoms with Crippen molar-refractivity contribution in [2.45, 2.75) is 59.4 Å². The van der Waals surface area contributed by atoms with Gasteiger partial charge in [0.05, 0.1) is 0 Å². The van der Waals surface area contributed by atoms with Crippen LogP contribution in [0.15, 0.2) is 0 Å². The fourth-order valence-electron chi connectivity index (χ4n) is 2.74. The maximum absolute atomic E-state index is 3.62. The molecule has 1 rings (SSSR count). The first-order valence-corrected chi connectivity index (χ1v) is 6.99. The molecule has 1 aliphatic heterocycles. The van der Waals surface area contributed by atoms with E-state index >= 15 is 0 Å². The Morgan fingerprint density at radius 2 is 2.12 bits per heavy atom. The lowest BCUT2D eigenvalue weighted by Gasteiger charge is -2.38. The Bertz CT molecular complexity index is 189. The van der Waals surface area contributed by atoms with Crippen molar-refractivity contribution in [1.82, 2.24) is 10.2 Å². The molecular weight excluding hydrogens is 196 g/mol. The lowest BCUT2D eigenvalue weighted by molar-refractivity contribution is 0.118. The molecule has 0 aromatic heterocycles. The zero-order chi connectivity index (χ0) is 12.0. The molecule has 0 bridgehead atoms. The van der Waals surface area contributed by atoms with Crippen LogP contribution in [0, 0.1) is 5.41 Å². The van der Waals surface area contributed by atoms with Gasteiger partial charge >= 0.3 is 0 Å². The second-order valence-corrected chi connectivity index (χ2v) is 6.19. The normalized spacial score (nSPS) is 23.2. The SMILES string of the molecule is CCCC(C)NCCN1CCCC(C)(C)C1. The van der Waals surface area contributed by atoms with Gasteiger partial charge < -0.3 is 10.2 Å². The summed E-state index contributed by atoms with van der Waals surface area (Å²) in [5, 5.41) is 3.62. The van der Waals surface area contributed by atoms with Crippen LogP contribution in [0.25, 0.3) is 0 Å². The van der Waals surface area contributed by atoms with Crippen molar-refractivity contribution in [3.05, 3.63) is 0 Å². The highest BCUT2D eigenvalue weighted by Crippen LogP contribution is 2.27. The second-order valence-electron chi connectivity index (χ2n) is 6.19. The summed E-state index contributed by atoms with van der Waals surface area (Å²) in [7, 11) is 0. The highest BCUT2D eigenvalue weighted by Gasteiger charge is 2.25. The van der Waals surface area contributed by atoms with Crippen molar-refractivity contribution < 1.29 is 0 Å². The number of piperidine rings is 1. The molecule has 1 atom stereocenters. The summed E-state index contributed by atoms with van der Waals surface area (Å²) in [6, 6.07) is 0.683. The fourth-order valence-corrected chi connectivity index (χ4v) is 2.74. The highest BCUT2D eigenvalue weighted by molar-refractivity contribution is 4.80. The van der Waals surface area contributed by atoms with E-state index in [4.69, 9.17) is 0 Å². The molecule has 1 aliphatic rings. The minimum atomic E-state index is 0.535. The van der Waals surface area contributed by atoms with Gasteiger partial charge in [-0.25, -0.2) is 0 Å². The van der Waals surface area contributed by atoms with Crippen molar-refractivity contribution in [3.63, 3.8) is 0 Å². The lowest BCUT2D eigenvalue weighted by atomic mass is 9.84. The molecule has 2 nitrogen and oxygen atoms in total. The van der Waals surface area contributed by atoms with E-state index in [-0.39, 0.29) is 0 Å². The van der Waals surface area contributed by atoms with E-state index in [1.807, 2.05) is 0 Å². The van der Waals surface area contributed by atoms with Crippen molar-refractivity contribution in [1.29, 1.82) is 0 Å². The van der Waals surface area contributed by atoms with Crippen molar-refractivity contribution in [2.24, 2.45) is 5.41 Å². The quantitative estimate of drug-likeness (QED) is 0.749. The highest BCUT2D eigenvalue weighted by atomic mass is 15.2. The minimum absolute atomic E-state index is 0.535. The molecule has 0 aromatic carbocycles. The van der Waals surface area contributed by atoms with Gasteiger partial charge in [0.15, 0.2) is 0 Å². The van der Waals surface area contributed by atoms with Crippen LogP contribution < -0.4 is 5.32 Å². The Morgan fingerprint density at radius 3 is 2.75 bits per heavy atom. The topological polar surface area (TPSA) is 15.3 Å². The molecular formula is C14H30N2. The molecule has 1 saturated heterocycles. The molecule has 0 saturated carbocycles. The van der Waals surface area contributed by atoms with Gasteiger partial charge in [0, 0.05) is 25.7 Å². The second kappa shape index (κ2) is 6.61. The molecule has 1 fully saturated rings. The van der Waals surface area contributed by atoms with Crippen LogP contribution in [0.4, 0.5) is 0 Å². The molecule has 96 valence electrons. The standard InChI is InChI=1S/C14H30N2/c1-5-7-13(2)15-9-11-16-10-6-8-14(3,4)12-16/h13,15H,5-12H2,1-4H3. The summed E-state index contributed by atoms with van der Waals surface area (Å²) >= 11 is 0. The van der Waals surface area contributed by atoms with Crippen molar-refractivity contribution >= 4 is 0 Å². The van der Waals surface area contributed by atoms with Crippen LogP contribution in [0.5, 0.6) is 0 Å². The Kier molecular flexibility index (Phi) is 5.77. The van der Waals surface area contributed by atoms with Crippen LogP contribution in [0.2, 0.25) is 0 Å². The van der Waals surface area contributed by atoms with E-state index in [1.54, 1.807) is 0 Å². The van der Waals surface area contributed by atoms with Gasteiger partial charge in [-0.05, 0) is 38.1 Å². The summed E-state index contributed by atoms with van der Waals surface area (Å²) in [5.74, 6) is 0. The molecule has 0 aromatic rings.